The molecule has 2 aliphatic heterocycles. The van der Waals surface area contributed by atoms with Crippen molar-refractivity contribution in [1.82, 2.24) is 9.80 Å². The highest BCUT2D eigenvalue weighted by atomic mass is 16.5. The van der Waals surface area contributed by atoms with Gasteiger partial charge in [0.2, 0.25) is 12.3 Å². The third-order valence-corrected chi connectivity index (χ3v) is 6.07. The number of rotatable bonds is 6. The zero-order valence-electron chi connectivity index (χ0n) is 17.2. The maximum absolute atomic E-state index is 13.0. The van der Waals surface area contributed by atoms with Gasteiger partial charge in [0.25, 0.3) is 0 Å². The first-order valence-corrected chi connectivity index (χ1v) is 10.2. The minimum absolute atomic E-state index is 0.123. The van der Waals surface area contributed by atoms with Crippen molar-refractivity contribution in [1.29, 1.82) is 0 Å². The number of benzene rings is 1. The predicted octanol–water partition coefficient (Wildman–Crippen LogP) is 2.44. The number of piperidine rings is 1. The molecule has 0 aliphatic carbocycles. The van der Waals surface area contributed by atoms with Crippen LogP contribution in [0.4, 0.5) is 0 Å². The Hall–Kier alpha value is -2.37. The van der Waals surface area contributed by atoms with E-state index in [1.165, 1.54) is 6.42 Å². The molecule has 1 aromatic carbocycles. The summed E-state index contributed by atoms with van der Waals surface area (Å²) in [4.78, 5) is 40.2. The minimum Gasteiger partial charge on any atom is -0.466 e. The van der Waals surface area contributed by atoms with Gasteiger partial charge >= 0.3 is 5.97 Å². The van der Waals surface area contributed by atoms with Crippen molar-refractivity contribution in [2.24, 2.45) is 0 Å². The molecule has 2 amide bonds. The van der Waals surface area contributed by atoms with Crippen molar-refractivity contribution in [3.63, 3.8) is 0 Å². The maximum Gasteiger partial charge on any atom is 0.310 e. The Labute approximate surface area is 166 Å². The molecule has 0 unspecified atom stereocenters. The predicted molar refractivity (Wildman–Crippen MR) is 106 cm³/mol. The van der Waals surface area contributed by atoms with Crippen LogP contribution in [0.1, 0.15) is 59.6 Å². The van der Waals surface area contributed by atoms with Crippen LogP contribution in [-0.4, -0.2) is 47.8 Å². The Morgan fingerprint density at radius 3 is 2.07 bits per heavy atom. The first kappa shape index (κ1) is 20.4. The molecule has 3 rings (SSSR count). The lowest BCUT2D eigenvalue weighted by Crippen LogP contribution is -2.37. The van der Waals surface area contributed by atoms with E-state index in [9.17, 15) is 14.4 Å². The molecule has 0 saturated carbocycles. The van der Waals surface area contributed by atoms with Crippen molar-refractivity contribution in [3.05, 3.63) is 33.4 Å². The molecule has 6 nitrogen and oxygen atoms in total. The van der Waals surface area contributed by atoms with Crippen LogP contribution in [0, 0.1) is 13.8 Å². The van der Waals surface area contributed by atoms with E-state index < -0.39 is 0 Å². The summed E-state index contributed by atoms with van der Waals surface area (Å²) in [6, 6.07) is 0. The highest BCUT2D eigenvalue weighted by molar-refractivity contribution is 5.82. The molecule has 2 aliphatic rings. The van der Waals surface area contributed by atoms with Crippen molar-refractivity contribution >= 4 is 18.3 Å². The first-order chi connectivity index (χ1) is 13.5. The lowest BCUT2D eigenvalue weighted by atomic mass is 9.86. The summed E-state index contributed by atoms with van der Waals surface area (Å²) in [6.45, 7) is 8.89. The number of carbonyl (C=O) groups excluding carboxylic acids is 3. The molecule has 1 saturated heterocycles. The third-order valence-electron chi connectivity index (χ3n) is 6.07. The average Bonchev–Trinajstić information content (AvgIpc) is 3.14. The highest BCUT2D eigenvalue weighted by Gasteiger charge is 2.29. The summed E-state index contributed by atoms with van der Waals surface area (Å²) in [5, 5.41) is 0. The summed E-state index contributed by atoms with van der Waals surface area (Å²) in [5.41, 5.74) is 6.12. The molecular weight excluding hydrogens is 356 g/mol. The molecule has 2 heterocycles. The third kappa shape index (κ3) is 4.05. The molecule has 0 bridgehead atoms. The second-order valence-electron chi connectivity index (χ2n) is 7.77. The average molecular weight is 386 g/mol. The van der Waals surface area contributed by atoms with E-state index in [-0.39, 0.29) is 18.3 Å². The van der Waals surface area contributed by atoms with Crippen molar-refractivity contribution in [3.8, 4) is 0 Å². The Morgan fingerprint density at radius 1 is 0.964 bits per heavy atom. The number of likely N-dealkylation sites (tertiary alicyclic amines) is 1. The van der Waals surface area contributed by atoms with Crippen LogP contribution in [0.5, 0.6) is 0 Å². The zero-order chi connectivity index (χ0) is 20.3. The van der Waals surface area contributed by atoms with Crippen molar-refractivity contribution < 1.29 is 19.1 Å². The minimum atomic E-state index is -0.276. The van der Waals surface area contributed by atoms with Gasteiger partial charge < -0.3 is 14.5 Å². The van der Waals surface area contributed by atoms with E-state index in [0.29, 0.717) is 26.1 Å². The van der Waals surface area contributed by atoms with Gasteiger partial charge in [-0.15, -0.1) is 0 Å². The van der Waals surface area contributed by atoms with Crippen LogP contribution in [0.2, 0.25) is 0 Å². The van der Waals surface area contributed by atoms with E-state index in [2.05, 4.69) is 0 Å². The van der Waals surface area contributed by atoms with Crippen LogP contribution in [0.15, 0.2) is 0 Å². The van der Waals surface area contributed by atoms with E-state index in [1.54, 1.807) is 11.8 Å². The topological polar surface area (TPSA) is 66.9 Å². The van der Waals surface area contributed by atoms with Gasteiger partial charge in [-0.25, -0.2) is 0 Å². The number of carbonyl (C=O) groups is 3. The van der Waals surface area contributed by atoms with Gasteiger partial charge in [0, 0.05) is 26.2 Å². The summed E-state index contributed by atoms with van der Waals surface area (Å²) in [5.74, 6) is -0.153. The summed E-state index contributed by atoms with van der Waals surface area (Å²) in [7, 11) is 0. The summed E-state index contributed by atoms with van der Waals surface area (Å²) in [6.07, 6.45) is 4.61. The molecule has 1 aromatic rings. The van der Waals surface area contributed by atoms with Gasteiger partial charge in [-0.3, -0.25) is 14.4 Å². The van der Waals surface area contributed by atoms with Crippen LogP contribution in [0.25, 0.3) is 0 Å². The zero-order valence-corrected chi connectivity index (χ0v) is 17.2. The molecule has 0 aromatic heterocycles. The van der Waals surface area contributed by atoms with Crippen LogP contribution in [-0.2, 0) is 45.1 Å². The SMILES string of the molecule is CCOC(=O)Cc1c(C)c2c(c(C)c1CC(=O)N1CCCCC1)CN(C=O)C2. The molecule has 28 heavy (non-hydrogen) atoms. The van der Waals surface area contributed by atoms with Gasteiger partial charge in [-0.2, -0.15) is 0 Å². The lowest BCUT2D eigenvalue weighted by molar-refractivity contribution is -0.142. The normalized spacial score (nSPS) is 16.1. The maximum atomic E-state index is 13.0. The fourth-order valence-corrected chi connectivity index (χ4v) is 4.48. The number of amides is 2. The molecule has 0 spiro atoms. The molecule has 152 valence electrons. The molecule has 0 radical (unpaired) electrons. The van der Waals surface area contributed by atoms with Gasteiger partial charge in [-0.05, 0) is 73.4 Å². The number of fused-ring (bicyclic) bond motifs is 1. The Morgan fingerprint density at radius 2 is 1.54 bits per heavy atom. The van der Waals surface area contributed by atoms with Crippen LogP contribution >= 0.6 is 0 Å². The highest BCUT2D eigenvalue weighted by Crippen LogP contribution is 2.34. The number of esters is 1. The number of ether oxygens (including phenoxy) is 1. The Balaban J connectivity index is 1.98. The van der Waals surface area contributed by atoms with Crippen molar-refractivity contribution in [2.75, 3.05) is 19.7 Å². The van der Waals surface area contributed by atoms with Crippen LogP contribution < -0.4 is 0 Å². The van der Waals surface area contributed by atoms with Gasteiger partial charge in [-0.1, -0.05) is 0 Å². The van der Waals surface area contributed by atoms with E-state index in [0.717, 1.165) is 65.7 Å². The second kappa shape index (κ2) is 8.76. The Bertz CT molecular complexity index is 781. The largest absolute Gasteiger partial charge is 0.466 e. The Kier molecular flexibility index (Phi) is 6.37. The number of hydrogen-bond donors (Lipinski definition) is 0. The quantitative estimate of drug-likeness (QED) is 0.556. The molecule has 0 atom stereocenters. The standard InChI is InChI=1S/C22H30N2O4/c1-4-28-22(27)11-18-16(3)20-13-23(14-25)12-19(20)15(2)17(18)10-21(26)24-8-6-5-7-9-24/h14H,4-13H2,1-3H3. The van der Waals surface area contributed by atoms with Gasteiger partial charge in [0.05, 0.1) is 19.4 Å². The smallest absolute Gasteiger partial charge is 0.310 e. The first-order valence-electron chi connectivity index (χ1n) is 10.2. The summed E-state index contributed by atoms with van der Waals surface area (Å²) < 4.78 is 5.18. The monoisotopic (exact) mass is 386 g/mol. The molecule has 6 heteroatoms. The van der Waals surface area contributed by atoms with Crippen LogP contribution in [0.3, 0.4) is 0 Å². The lowest BCUT2D eigenvalue weighted by Gasteiger charge is -2.28. The van der Waals surface area contributed by atoms with Gasteiger partial charge in [0.15, 0.2) is 0 Å². The van der Waals surface area contributed by atoms with E-state index >= 15 is 0 Å². The van der Waals surface area contributed by atoms with E-state index in [1.807, 2.05) is 18.7 Å². The fraction of sp³-hybridized carbons (Fsp3) is 0.591. The molecule has 0 N–H and O–H groups in total. The van der Waals surface area contributed by atoms with E-state index in [4.69, 9.17) is 4.74 Å². The van der Waals surface area contributed by atoms with Gasteiger partial charge in [0.1, 0.15) is 0 Å². The fourth-order valence-electron chi connectivity index (χ4n) is 4.48. The number of hydrogen-bond acceptors (Lipinski definition) is 4. The number of nitrogens with zero attached hydrogens (tertiary/aromatic N) is 2. The molecular formula is C22H30N2O4. The summed E-state index contributed by atoms with van der Waals surface area (Å²) >= 11 is 0. The second-order valence-corrected chi connectivity index (χ2v) is 7.77. The van der Waals surface area contributed by atoms with Crippen molar-refractivity contribution in [2.45, 2.75) is 66.0 Å². The molecule has 1 fully saturated rings.